The monoisotopic (exact) mass is 515 g/mol. The smallest absolute Gasteiger partial charge is 0.219 e. The van der Waals surface area contributed by atoms with Crippen molar-refractivity contribution in [1.29, 1.82) is 0 Å². The summed E-state index contributed by atoms with van der Waals surface area (Å²) in [7, 11) is 0. The Bertz CT molecular complexity index is 1860. The van der Waals surface area contributed by atoms with Crippen molar-refractivity contribution in [1.82, 2.24) is 14.5 Å². The first-order valence-electron chi connectivity index (χ1n) is 13.3. The zero-order valence-corrected chi connectivity index (χ0v) is 23.3. The van der Waals surface area contributed by atoms with Gasteiger partial charge in [-0.3, -0.25) is 4.57 Å². The van der Waals surface area contributed by atoms with Gasteiger partial charge in [-0.1, -0.05) is 59.7 Å². The fourth-order valence-electron chi connectivity index (χ4n) is 5.28. The topological polar surface area (TPSA) is 60.2 Å². The molecule has 3 heterocycles. The lowest BCUT2D eigenvalue weighted by Gasteiger charge is -2.21. The van der Waals surface area contributed by atoms with Crippen molar-refractivity contribution in [3.63, 3.8) is 0 Å². The number of hydrogen-bond acceptors (Lipinski definition) is 4. The lowest BCUT2D eigenvalue weighted by molar-refractivity contribution is 0.460. The van der Waals surface area contributed by atoms with E-state index in [1.165, 1.54) is 10.9 Å². The van der Waals surface area contributed by atoms with Gasteiger partial charge in [0.1, 0.15) is 22.8 Å². The van der Waals surface area contributed by atoms with Crippen LogP contribution in [0.4, 0.5) is 0 Å². The molecular weight excluding hydrogens is 482 g/mol. The van der Waals surface area contributed by atoms with E-state index in [-0.39, 0.29) is 16.6 Å². The van der Waals surface area contributed by atoms with Gasteiger partial charge in [-0.2, -0.15) is 0 Å². The average molecular weight is 516 g/mol. The number of hydrogen-bond donors (Lipinski definition) is 1. The largest absolute Gasteiger partial charge is 0.506 e. The highest BCUT2D eigenvalue weighted by molar-refractivity contribution is 6.09. The van der Waals surface area contributed by atoms with Crippen molar-refractivity contribution in [2.24, 2.45) is 0 Å². The molecule has 0 bridgehead atoms. The third-order valence-corrected chi connectivity index (χ3v) is 7.32. The van der Waals surface area contributed by atoms with Crippen LogP contribution in [0, 0.1) is 0 Å². The third-order valence-electron chi connectivity index (χ3n) is 7.32. The average Bonchev–Trinajstić information content (AvgIpc) is 3.21. The summed E-state index contributed by atoms with van der Waals surface area (Å²) in [5.41, 5.74) is 5.01. The van der Waals surface area contributed by atoms with E-state index in [4.69, 9.17) is 9.72 Å². The fourth-order valence-corrected chi connectivity index (χ4v) is 5.28. The van der Waals surface area contributed by atoms with Crippen LogP contribution in [0.1, 0.15) is 52.7 Å². The maximum atomic E-state index is 10.6. The molecule has 0 aliphatic rings. The SMILES string of the molecule is CC(C)(C)c1ccc2c(c1)c1ccc(Oc3ccc4c(C(C)(C)C)ccc(O)c4n3)cc1n2-c1ccccn1. The van der Waals surface area contributed by atoms with Crippen molar-refractivity contribution < 1.29 is 9.84 Å². The standard InChI is InChI=1S/C34H33N3O2/c1-33(2,3)21-10-15-27-25(19-21)23-12-11-22(20-28(23)37(27)30-9-7-8-18-35-30)39-31-17-13-24-26(34(4,5)6)14-16-29(38)32(24)36-31/h7-20,38H,1-6H3. The van der Waals surface area contributed by atoms with Gasteiger partial charge in [-0.15, -0.1) is 0 Å². The number of phenolic OH excluding ortho intramolecular Hbond substituents is 1. The number of pyridine rings is 2. The summed E-state index contributed by atoms with van der Waals surface area (Å²) in [5.74, 6) is 2.08. The van der Waals surface area contributed by atoms with E-state index in [0.29, 0.717) is 17.1 Å². The Labute approximate surface area is 228 Å². The zero-order valence-electron chi connectivity index (χ0n) is 23.3. The van der Waals surface area contributed by atoms with Gasteiger partial charge in [0, 0.05) is 34.5 Å². The van der Waals surface area contributed by atoms with Crippen molar-refractivity contribution in [2.75, 3.05) is 0 Å². The second-order valence-electron chi connectivity index (χ2n) is 12.2. The number of aromatic nitrogens is 3. The Hall–Kier alpha value is -4.38. The van der Waals surface area contributed by atoms with Gasteiger partial charge in [0.25, 0.3) is 0 Å². The second kappa shape index (κ2) is 8.84. The molecule has 1 N–H and O–H groups in total. The molecule has 6 aromatic rings. The van der Waals surface area contributed by atoms with Crippen molar-refractivity contribution in [2.45, 2.75) is 52.4 Å². The number of phenols is 1. The molecule has 0 atom stereocenters. The Kier molecular flexibility index (Phi) is 5.65. The van der Waals surface area contributed by atoms with Crippen LogP contribution in [-0.4, -0.2) is 19.6 Å². The Morgan fingerprint density at radius 3 is 2.23 bits per heavy atom. The molecule has 196 valence electrons. The molecule has 3 aromatic carbocycles. The third kappa shape index (κ3) is 4.38. The summed E-state index contributed by atoms with van der Waals surface area (Å²) in [5, 5.41) is 13.8. The highest BCUT2D eigenvalue weighted by Crippen LogP contribution is 2.38. The lowest BCUT2D eigenvalue weighted by Crippen LogP contribution is -2.11. The summed E-state index contributed by atoms with van der Waals surface area (Å²) in [6.07, 6.45) is 1.81. The first-order valence-corrected chi connectivity index (χ1v) is 13.3. The molecule has 0 amide bonds. The predicted molar refractivity (Wildman–Crippen MR) is 159 cm³/mol. The first kappa shape index (κ1) is 24.9. The van der Waals surface area contributed by atoms with Crippen LogP contribution < -0.4 is 4.74 Å². The molecule has 5 nitrogen and oxygen atoms in total. The van der Waals surface area contributed by atoms with Crippen LogP contribution in [0.5, 0.6) is 17.4 Å². The number of rotatable bonds is 3. The predicted octanol–water partition coefficient (Wildman–Crippen LogP) is 8.82. The van der Waals surface area contributed by atoms with E-state index in [9.17, 15) is 5.11 Å². The van der Waals surface area contributed by atoms with Crippen LogP contribution in [0.15, 0.2) is 85.1 Å². The Morgan fingerprint density at radius 1 is 0.718 bits per heavy atom. The van der Waals surface area contributed by atoms with E-state index in [2.05, 4.69) is 75.4 Å². The molecule has 0 saturated heterocycles. The highest BCUT2D eigenvalue weighted by atomic mass is 16.5. The summed E-state index contributed by atoms with van der Waals surface area (Å²) < 4.78 is 8.46. The van der Waals surface area contributed by atoms with Gasteiger partial charge in [0.2, 0.25) is 5.88 Å². The van der Waals surface area contributed by atoms with E-state index in [1.54, 1.807) is 6.07 Å². The molecular formula is C34H33N3O2. The fraction of sp³-hybridized carbons (Fsp3) is 0.235. The summed E-state index contributed by atoms with van der Waals surface area (Å²) >= 11 is 0. The quantitative estimate of drug-likeness (QED) is 0.256. The molecule has 0 saturated carbocycles. The first-order chi connectivity index (χ1) is 18.5. The minimum absolute atomic E-state index is 0.0385. The molecule has 5 heteroatoms. The molecule has 0 aliphatic heterocycles. The molecule has 0 fully saturated rings. The Balaban J connectivity index is 1.50. The van der Waals surface area contributed by atoms with E-state index < -0.39 is 0 Å². The normalized spacial score (nSPS) is 12.5. The highest BCUT2D eigenvalue weighted by Gasteiger charge is 2.21. The van der Waals surface area contributed by atoms with Crippen LogP contribution >= 0.6 is 0 Å². The van der Waals surface area contributed by atoms with Crippen LogP contribution in [0.2, 0.25) is 0 Å². The van der Waals surface area contributed by atoms with E-state index >= 15 is 0 Å². The number of ether oxygens (including phenoxy) is 1. The summed E-state index contributed by atoms with van der Waals surface area (Å²) in [4.78, 5) is 9.36. The van der Waals surface area contributed by atoms with Crippen molar-refractivity contribution in [3.05, 3.63) is 96.2 Å². The zero-order chi connectivity index (χ0) is 27.5. The Morgan fingerprint density at radius 2 is 1.51 bits per heavy atom. The van der Waals surface area contributed by atoms with E-state index in [0.717, 1.165) is 33.2 Å². The molecule has 39 heavy (non-hydrogen) atoms. The van der Waals surface area contributed by atoms with E-state index in [1.807, 2.05) is 54.7 Å². The minimum atomic E-state index is -0.0766. The summed E-state index contributed by atoms with van der Waals surface area (Å²) in [6, 6.07) is 26.3. The van der Waals surface area contributed by atoms with Crippen molar-refractivity contribution in [3.8, 4) is 23.2 Å². The van der Waals surface area contributed by atoms with Crippen LogP contribution in [0.25, 0.3) is 38.5 Å². The molecule has 0 unspecified atom stereocenters. The molecule has 0 aliphatic carbocycles. The van der Waals surface area contributed by atoms with Crippen LogP contribution in [0.3, 0.4) is 0 Å². The summed E-state index contributed by atoms with van der Waals surface area (Å²) in [6.45, 7) is 13.2. The molecule has 3 aromatic heterocycles. The van der Waals surface area contributed by atoms with Crippen molar-refractivity contribution >= 4 is 32.7 Å². The van der Waals surface area contributed by atoms with Crippen LogP contribution in [-0.2, 0) is 10.8 Å². The maximum Gasteiger partial charge on any atom is 0.219 e. The van der Waals surface area contributed by atoms with Gasteiger partial charge < -0.3 is 9.84 Å². The molecule has 0 spiro atoms. The second-order valence-corrected chi connectivity index (χ2v) is 12.2. The number of fused-ring (bicyclic) bond motifs is 4. The van der Waals surface area contributed by atoms with Gasteiger partial charge in [0.05, 0.1) is 11.0 Å². The lowest BCUT2D eigenvalue weighted by atomic mass is 9.84. The minimum Gasteiger partial charge on any atom is -0.506 e. The molecule has 6 rings (SSSR count). The van der Waals surface area contributed by atoms with Gasteiger partial charge in [0.15, 0.2) is 0 Å². The van der Waals surface area contributed by atoms with Gasteiger partial charge in [-0.25, -0.2) is 9.97 Å². The number of benzene rings is 3. The number of aromatic hydroxyl groups is 1. The number of nitrogens with zero attached hydrogens (tertiary/aromatic N) is 3. The van der Waals surface area contributed by atoms with Gasteiger partial charge in [-0.05, 0) is 70.5 Å². The van der Waals surface area contributed by atoms with Gasteiger partial charge >= 0.3 is 0 Å². The maximum absolute atomic E-state index is 10.6. The molecule has 0 radical (unpaired) electrons.